The van der Waals surface area contributed by atoms with E-state index in [1.165, 1.54) is 4.90 Å². The van der Waals surface area contributed by atoms with E-state index >= 15 is 0 Å². The molecule has 0 bridgehead atoms. The summed E-state index contributed by atoms with van der Waals surface area (Å²) < 4.78 is 12.8. The van der Waals surface area contributed by atoms with Crippen LogP contribution in [-0.4, -0.2) is 41.4 Å². The van der Waals surface area contributed by atoms with Gasteiger partial charge in [0.25, 0.3) is 0 Å². The quantitative estimate of drug-likeness (QED) is 0.756. The number of aromatic carboxylic acids is 1. The van der Waals surface area contributed by atoms with E-state index in [1.807, 2.05) is 0 Å². The molecule has 0 saturated heterocycles. The third-order valence-electron chi connectivity index (χ3n) is 1.86. The lowest BCUT2D eigenvalue weighted by Crippen LogP contribution is -2.24. The zero-order valence-corrected chi connectivity index (χ0v) is 8.14. The van der Waals surface area contributed by atoms with Gasteiger partial charge in [-0.15, -0.1) is 0 Å². The van der Waals surface area contributed by atoms with Crippen LogP contribution in [0.5, 0.6) is 0 Å². The maximum absolute atomic E-state index is 12.8. The molecule has 0 aliphatic heterocycles. The molecule has 0 aliphatic rings. The molecule has 15 heavy (non-hydrogen) atoms. The number of aliphatic hydroxyl groups excluding tert-OH is 1. The third kappa shape index (κ3) is 2.63. The molecule has 0 aromatic carbocycles. The highest BCUT2D eigenvalue weighted by atomic mass is 19.1. The first-order chi connectivity index (χ1) is 7.06. The van der Waals surface area contributed by atoms with Gasteiger partial charge < -0.3 is 15.1 Å². The van der Waals surface area contributed by atoms with Crippen LogP contribution in [-0.2, 0) is 0 Å². The fourth-order valence-corrected chi connectivity index (χ4v) is 1.15. The summed E-state index contributed by atoms with van der Waals surface area (Å²) in [7, 11) is 1.57. The van der Waals surface area contributed by atoms with Crippen LogP contribution in [0.3, 0.4) is 0 Å². The molecule has 0 fully saturated rings. The predicted octanol–water partition coefficient (Wildman–Crippen LogP) is 0.347. The topological polar surface area (TPSA) is 73.7 Å². The monoisotopic (exact) mass is 214 g/mol. The molecule has 1 aromatic rings. The van der Waals surface area contributed by atoms with Crippen molar-refractivity contribution in [2.75, 3.05) is 25.1 Å². The van der Waals surface area contributed by atoms with E-state index in [-0.39, 0.29) is 24.5 Å². The van der Waals surface area contributed by atoms with Gasteiger partial charge in [-0.1, -0.05) is 0 Å². The van der Waals surface area contributed by atoms with Crippen LogP contribution in [0.25, 0.3) is 0 Å². The zero-order valence-electron chi connectivity index (χ0n) is 8.14. The molecule has 0 amide bonds. The number of pyridine rings is 1. The summed E-state index contributed by atoms with van der Waals surface area (Å²) >= 11 is 0. The predicted molar refractivity (Wildman–Crippen MR) is 51.5 cm³/mol. The smallest absolute Gasteiger partial charge is 0.339 e. The minimum atomic E-state index is -1.25. The van der Waals surface area contributed by atoms with Gasteiger partial charge in [0, 0.05) is 13.6 Å². The number of likely N-dealkylation sites (N-methyl/N-ethyl adjacent to an activating group) is 1. The van der Waals surface area contributed by atoms with Gasteiger partial charge in [0.15, 0.2) is 0 Å². The molecule has 5 nitrogen and oxygen atoms in total. The zero-order chi connectivity index (χ0) is 11.4. The Kier molecular flexibility index (Phi) is 3.56. The van der Waals surface area contributed by atoms with Crippen molar-refractivity contribution in [1.29, 1.82) is 0 Å². The highest BCUT2D eigenvalue weighted by Gasteiger charge is 2.15. The molecule has 0 radical (unpaired) electrons. The number of hydrogen-bond acceptors (Lipinski definition) is 4. The van der Waals surface area contributed by atoms with Crippen molar-refractivity contribution in [2.24, 2.45) is 0 Å². The second-order valence-corrected chi connectivity index (χ2v) is 2.98. The molecular formula is C9H11FN2O3. The maximum atomic E-state index is 12.8. The molecule has 0 aliphatic carbocycles. The fraction of sp³-hybridized carbons (Fsp3) is 0.333. The van der Waals surface area contributed by atoms with Crippen LogP contribution < -0.4 is 4.90 Å². The second kappa shape index (κ2) is 4.70. The Morgan fingerprint density at radius 3 is 2.87 bits per heavy atom. The number of nitrogens with zero attached hydrogens (tertiary/aromatic N) is 2. The third-order valence-corrected chi connectivity index (χ3v) is 1.86. The largest absolute Gasteiger partial charge is 0.478 e. The maximum Gasteiger partial charge on any atom is 0.339 e. The van der Waals surface area contributed by atoms with Gasteiger partial charge in [0.1, 0.15) is 17.2 Å². The van der Waals surface area contributed by atoms with Crippen molar-refractivity contribution in [3.8, 4) is 0 Å². The van der Waals surface area contributed by atoms with Crippen LogP contribution in [0.2, 0.25) is 0 Å². The van der Waals surface area contributed by atoms with Gasteiger partial charge in [-0.25, -0.2) is 14.2 Å². The van der Waals surface area contributed by atoms with Gasteiger partial charge in [0.05, 0.1) is 12.8 Å². The Labute approximate surface area is 85.8 Å². The van der Waals surface area contributed by atoms with Gasteiger partial charge in [-0.2, -0.15) is 0 Å². The van der Waals surface area contributed by atoms with Crippen LogP contribution in [0, 0.1) is 5.82 Å². The van der Waals surface area contributed by atoms with E-state index in [0.29, 0.717) is 0 Å². The normalized spacial score (nSPS) is 10.1. The molecule has 0 unspecified atom stereocenters. The van der Waals surface area contributed by atoms with E-state index in [0.717, 1.165) is 12.3 Å². The van der Waals surface area contributed by atoms with E-state index in [1.54, 1.807) is 7.05 Å². The average molecular weight is 214 g/mol. The van der Waals surface area contributed by atoms with Gasteiger partial charge in [-0.3, -0.25) is 0 Å². The number of aliphatic hydroxyl groups is 1. The SMILES string of the molecule is CN(CCO)c1ncc(F)cc1C(=O)O. The first-order valence-electron chi connectivity index (χ1n) is 4.27. The first kappa shape index (κ1) is 11.4. The summed E-state index contributed by atoms with van der Waals surface area (Å²) in [6, 6.07) is 0.901. The van der Waals surface area contributed by atoms with Gasteiger partial charge in [-0.05, 0) is 6.07 Å². The number of carbonyl (C=O) groups is 1. The number of anilines is 1. The summed E-state index contributed by atoms with van der Waals surface area (Å²) in [6.45, 7) is 0.105. The summed E-state index contributed by atoms with van der Waals surface area (Å²) in [5, 5.41) is 17.5. The molecule has 0 spiro atoms. The minimum absolute atomic E-state index is 0.130. The molecule has 82 valence electrons. The van der Waals surface area contributed by atoms with E-state index in [2.05, 4.69) is 4.98 Å². The molecule has 0 atom stereocenters. The number of rotatable bonds is 4. The van der Waals surface area contributed by atoms with Crippen molar-refractivity contribution in [1.82, 2.24) is 4.98 Å². The summed E-state index contributed by atoms with van der Waals surface area (Å²) in [6.07, 6.45) is 0.940. The molecular weight excluding hydrogens is 203 g/mol. The molecule has 1 heterocycles. The van der Waals surface area contributed by atoms with Crippen LogP contribution in [0.4, 0.5) is 10.2 Å². The van der Waals surface area contributed by atoms with Crippen molar-refractivity contribution < 1.29 is 19.4 Å². The van der Waals surface area contributed by atoms with Crippen LogP contribution in [0.1, 0.15) is 10.4 Å². The van der Waals surface area contributed by atoms with Gasteiger partial charge in [0.2, 0.25) is 0 Å². The number of carboxylic acids is 1. The van der Waals surface area contributed by atoms with Crippen molar-refractivity contribution in [3.05, 3.63) is 23.6 Å². The van der Waals surface area contributed by atoms with E-state index in [9.17, 15) is 9.18 Å². The second-order valence-electron chi connectivity index (χ2n) is 2.98. The molecule has 0 saturated carbocycles. The van der Waals surface area contributed by atoms with E-state index < -0.39 is 11.8 Å². The van der Waals surface area contributed by atoms with E-state index in [4.69, 9.17) is 10.2 Å². The standard InChI is InChI=1S/C9H11FN2O3/c1-12(2-3-13)8-7(9(14)15)4-6(10)5-11-8/h4-5,13H,2-3H2,1H3,(H,14,15). The summed E-state index contributed by atoms with van der Waals surface area (Å²) in [5.74, 6) is -1.81. The van der Waals surface area contributed by atoms with Crippen molar-refractivity contribution in [3.63, 3.8) is 0 Å². The highest BCUT2D eigenvalue weighted by molar-refractivity contribution is 5.93. The lowest BCUT2D eigenvalue weighted by Gasteiger charge is -2.18. The Bertz CT molecular complexity index is 370. The lowest BCUT2D eigenvalue weighted by molar-refractivity contribution is 0.0696. The Morgan fingerprint density at radius 1 is 1.67 bits per heavy atom. The van der Waals surface area contributed by atoms with Crippen molar-refractivity contribution in [2.45, 2.75) is 0 Å². The Balaban J connectivity index is 3.10. The Morgan fingerprint density at radius 2 is 2.33 bits per heavy atom. The molecule has 1 rings (SSSR count). The number of carboxylic acid groups (broad SMARTS) is 1. The average Bonchev–Trinajstić information content (AvgIpc) is 2.17. The Hall–Kier alpha value is -1.69. The van der Waals surface area contributed by atoms with Crippen molar-refractivity contribution >= 4 is 11.8 Å². The number of hydrogen-bond donors (Lipinski definition) is 2. The number of halogens is 1. The van der Waals surface area contributed by atoms with Gasteiger partial charge >= 0.3 is 5.97 Å². The first-order valence-corrected chi connectivity index (χ1v) is 4.27. The molecule has 6 heteroatoms. The van der Waals surface area contributed by atoms with Crippen LogP contribution >= 0.6 is 0 Å². The van der Waals surface area contributed by atoms with Crippen LogP contribution in [0.15, 0.2) is 12.3 Å². The summed E-state index contributed by atoms with van der Waals surface area (Å²) in [5.41, 5.74) is -0.217. The molecule has 2 N–H and O–H groups in total. The minimum Gasteiger partial charge on any atom is -0.478 e. The fourth-order valence-electron chi connectivity index (χ4n) is 1.15. The number of aromatic nitrogens is 1. The lowest BCUT2D eigenvalue weighted by atomic mass is 10.2. The molecule has 1 aromatic heterocycles. The highest BCUT2D eigenvalue weighted by Crippen LogP contribution is 2.16. The summed E-state index contributed by atoms with van der Waals surface area (Å²) in [4.78, 5) is 15.9.